The summed E-state index contributed by atoms with van der Waals surface area (Å²) in [4.78, 5) is 31.2. The van der Waals surface area contributed by atoms with E-state index in [2.05, 4.69) is 116 Å². The predicted molar refractivity (Wildman–Crippen MR) is 197 cm³/mol. The number of aromatic nitrogens is 4. The molecule has 4 heterocycles. The van der Waals surface area contributed by atoms with E-state index in [1.165, 1.54) is 10.8 Å². The molecule has 8 nitrogen and oxygen atoms in total. The van der Waals surface area contributed by atoms with E-state index in [0.717, 1.165) is 78.7 Å². The molecule has 0 bridgehead atoms. The summed E-state index contributed by atoms with van der Waals surface area (Å²) in [7, 11) is 0. The Hall–Kier alpha value is -3.47. The molecule has 6 aromatic rings. The zero-order valence-electron chi connectivity index (χ0n) is 27.3. The Morgan fingerprint density at radius 1 is 0.809 bits per heavy atom. The number of aromatic amines is 2. The Kier molecular flexibility index (Phi) is 8.55. The van der Waals surface area contributed by atoms with Crippen LogP contribution >= 0.6 is 31.9 Å². The third kappa shape index (κ3) is 6.65. The van der Waals surface area contributed by atoms with Crippen molar-refractivity contribution in [2.45, 2.75) is 65.1 Å². The summed E-state index contributed by atoms with van der Waals surface area (Å²) in [5, 5.41) is 8.21. The summed E-state index contributed by atoms with van der Waals surface area (Å²) in [5.41, 5.74) is 3.62. The molecule has 1 amide bonds. The Balaban J connectivity index is 0.000000156. The number of amides is 1. The molecule has 0 spiro atoms. The fourth-order valence-electron chi connectivity index (χ4n) is 6.86. The van der Waals surface area contributed by atoms with Gasteiger partial charge in [0, 0.05) is 26.3 Å². The minimum absolute atomic E-state index is 0.0900. The van der Waals surface area contributed by atoms with Crippen LogP contribution in [-0.2, 0) is 4.74 Å². The van der Waals surface area contributed by atoms with Crippen LogP contribution in [0.15, 0.2) is 69.6 Å². The number of hydrogen-bond acceptors (Lipinski definition) is 5. The number of imidazole rings is 2. The summed E-state index contributed by atoms with van der Waals surface area (Å²) < 4.78 is 7.77. The maximum atomic E-state index is 12.7. The molecule has 3 N–H and O–H groups in total. The van der Waals surface area contributed by atoms with Crippen molar-refractivity contribution < 1.29 is 9.53 Å². The van der Waals surface area contributed by atoms with Gasteiger partial charge in [-0.15, -0.1) is 0 Å². The first-order chi connectivity index (χ1) is 22.4. The maximum Gasteiger partial charge on any atom is 0.410 e. The third-order valence-electron chi connectivity index (χ3n) is 9.03. The van der Waals surface area contributed by atoms with Gasteiger partial charge in [-0.2, -0.15) is 0 Å². The monoisotopic (exact) mass is 758 g/mol. The van der Waals surface area contributed by atoms with E-state index < -0.39 is 5.60 Å². The van der Waals surface area contributed by atoms with E-state index in [0.29, 0.717) is 18.5 Å². The van der Waals surface area contributed by atoms with Gasteiger partial charge in [-0.1, -0.05) is 70.0 Å². The highest BCUT2D eigenvalue weighted by atomic mass is 79.9. The van der Waals surface area contributed by atoms with Gasteiger partial charge in [0.05, 0.1) is 34.2 Å². The molecular weight excluding hydrogens is 720 g/mol. The number of carbonyl (C=O) groups excluding carboxylic acids is 1. The van der Waals surface area contributed by atoms with Gasteiger partial charge in [0.25, 0.3) is 0 Å². The summed E-state index contributed by atoms with van der Waals surface area (Å²) in [6.45, 7) is 11.9. The molecule has 4 aromatic carbocycles. The second kappa shape index (κ2) is 12.5. The smallest absolute Gasteiger partial charge is 0.410 e. The second-order valence-electron chi connectivity index (χ2n) is 14.2. The molecule has 0 unspecified atom stereocenters. The van der Waals surface area contributed by atoms with Crippen molar-refractivity contribution in [3.05, 3.63) is 81.3 Å². The van der Waals surface area contributed by atoms with Crippen molar-refractivity contribution in [3.8, 4) is 0 Å². The molecule has 2 aromatic heterocycles. The number of likely N-dealkylation sites (tertiary alicyclic amines) is 1. The SMILES string of the molecule is C[C@@H]1CN[C@H](c2nc3c(ccc4cc(Br)ccc43)[nH]2)C1.C[C@H]1C[C@@H](c2nc3c(ccc4cc(Br)ccc43)[nH]2)N(C(=O)OC(C)(C)C)C1. The lowest BCUT2D eigenvalue weighted by molar-refractivity contribution is 0.0215. The first-order valence-electron chi connectivity index (χ1n) is 16.3. The fraction of sp³-hybridized carbons (Fsp3) is 0.378. The molecule has 47 heavy (non-hydrogen) atoms. The largest absolute Gasteiger partial charge is 0.444 e. The summed E-state index contributed by atoms with van der Waals surface area (Å²) in [5.74, 6) is 3.03. The number of nitrogens with zero attached hydrogens (tertiary/aromatic N) is 3. The Bertz CT molecular complexity index is 2120. The van der Waals surface area contributed by atoms with Crippen LogP contribution in [0.4, 0.5) is 4.79 Å². The lowest BCUT2D eigenvalue weighted by Gasteiger charge is -2.27. The van der Waals surface area contributed by atoms with Gasteiger partial charge in [-0.05, 0) is 99.2 Å². The number of halogens is 2. The molecule has 10 heteroatoms. The number of fused-ring (bicyclic) bond motifs is 6. The van der Waals surface area contributed by atoms with Gasteiger partial charge < -0.3 is 20.0 Å². The summed E-state index contributed by atoms with van der Waals surface area (Å²) in [6.07, 6.45) is 1.76. The van der Waals surface area contributed by atoms with Crippen LogP contribution in [0.3, 0.4) is 0 Å². The van der Waals surface area contributed by atoms with Crippen LogP contribution in [0.1, 0.15) is 71.2 Å². The van der Waals surface area contributed by atoms with Gasteiger partial charge >= 0.3 is 6.09 Å². The van der Waals surface area contributed by atoms with Gasteiger partial charge in [0.1, 0.15) is 17.2 Å². The maximum absolute atomic E-state index is 12.7. The van der Waals surface area contributed by atoms with Crippen LogP contribution < -0.4 is 5.32 Å². The normalized spacial score (nSPS) is 21.6. The predicted octanol–water partition coefficient (Wildman–Crippen LogP) is 9.95. The highest BCUT2D eigenvalue weighted by molar-refractivity contribution is 9.10. The van der Waals surface area contributed by atoms with Gasteiger partial charge in [0.15, 0.2) is 0 Å². The molecule has 2 aliphatic heterocycles. The number of rotatable bonds is 2. The van der Waals surface area contributed by atoms with Crippen LogP contribution in [0.25, 0.3) is 43.6 Å². The molecular formula is C37H40Br2N6O2. The van der Waals surface area contributed by atoms with E-state index in [4.69, 9.17) is 14.7 Å². The van der Waals surface area contributed by atoms with E-state index in [-0.39, 0.29) is 12.1 Å². The number of carbonyl (C=O) groups is 1. The third-order valence-corrected chi connectivity index (χ3v) is 10.0. The van der Waals surface area contributed by atoms with Crippen LogP contribution in [0, 0.1) is 11.8 Å². The van der Waals surface area contributed by atoms with Crippen LogP contribution in [0.5, 0.6) is 0 Å². The van der Waals surface area contributed by atoms with E-state index in [1.54, 1.807) is 0 Å². The number of benzene rings is 4. The van der Waals surface area contributed by atoms with E-state index in [1.807, 2.05) is 31.7 Å². The minimum atomic E-state index is -0.509. The number of ether oxygens (including phenoxy) is 1. The standard InChI is InChI=1S/C21H24BrN3O2.C16H16BrN3/c1-12-9-17(25(11-12)20(26)27-21(2,3)4)19-23-16-8-5-13-10-14(22)6-7-15(13)18(16)24-19;1-9-6-14(18-8-9)16-19-13-5-2-10-7-11(17)3-4-12(10)15(13)20-16/h5-8,10,12,17H,9,11H2,1-4H3,(H,23,24);2-5,7,9,14,18H,6,8H2,1H3,(H,19,20)/t12-,17-;9-,14-/m00/s1. The molecule has 0 radical (unpaired) electrons. The summed E-state index contributed by atoms with van der Waals surface area (Å²) >= 11 is 7.05. The average molecular weight is 761 g/mol. The summed E-state index contributed by atoms with van der Waals surface area (Å²) in [6, 6.07) is 21.2. The number of hydrogen-bond donors (Lipinski definition) is 3. The van der Waals surface area contributed by atoms with E-state index in [9.17, 15) is 4.79 Å². The van der Waals surface area contributed by atoms with Crippen molar-refractivity contribution in [1.82, 2.24) is 30.2 Å². The minimum Gasteiger partial charge on any atom is -0.444 e. The van der Waals surface area contributed by atoms with Gasteiger partial charge in [0.2, 0.25) is 0 Å². The van der Waals surface area contributed by atoms with Crippen LogP contribution in [-0.4, -0.2) is 49.6 Å². The molecule has 2 fully saturated rings. The Labute approximate surface area is 291 Å². The van der Waals surface area contributed by atoms with Crippen molar-refractivity contribution in [2.75, 3.05) is 13.1 Å². The quantitative estimate of drug-likeness (QED) is 0.163. The molecule has 4 atom stereocenters. The number of H-pyrrole nitrogens is 2. The van der Waals surface area contributed by atoms with Crippen molar-refractivity contribution in [1.29, 1.82) is 0 Å². The highest BCUT2D eigenvalue weighted by Gasteiger charge is 2.38. The van der Waals surface area contributed by atoms with Crippen LogP contribution in [0.2, 0.25) is 0 Å². The van der Waals surface area contributed by atoms with Crippen molar-refractivity contribution in [3.63, 3.8) is 0 Å². The zero-order chi connectivity index (χ0) is 33.0. The van der Waals surface area contributed by atoms with Gasteiger partial charge in [-0.3, -0.25) is 4.90 Å². The molecule has 2 saturated heterocycles. The molecule has 244 valence electrons. The first-order valence-corrected chi connectivity index (χ1v) is 17.9. The van der Waals surface area contributed by atoms with Crippen molar-refractivity contribution in [2.24, 2.45) is 11.8 Å². The number of nitrogens with one attached hydrogen (secondary N) is 3. The van der Waals surface area contributed by atoms with Crippen molar-refractivity contribution >= 4 is 81.6 Å². The lowest BCUT2D eigenvalue weighted by atomic mass is 10.1. The lowest BCUT2D eigenvalue weighted by Crippen LogP contribution is -2.37. The topological polar surface area (TPSA) is 98.9 Å². The average Bonchev–Trinajstić information content (AvgIpc) is 3.81. The second-order valence-corrected chi connectivity index (χ2v) is 16.0. The molecule has 8 rings (SSSR count). The Morgan fingerprint density at radius 2 is 1.38 bits per heavy atom. The zero-order valence-corrected chi connectivity index (χ0v) is 30.5. The Morgan fingerprint density at radius 3 is 1.94 bits per heavy atom. The van der Waals surface area contributed by atoms with Gasteiger partial charge in [-0.25, -0.2) is 14.8 Å². The fourth-order valence-corrected chi connectivity index (χ4v) is 7.61. The molecule has 0 aliphatic carbocycles. The first kappa shape index (κ1) is 32.1. The molecule has 2 aliphatic rings. The molecule has 0 saturated carbocycles. The highest BCUT2D eigenvalue weighted by Crippen LogP contribution is 2.37. The van der Waals surface area contributed by atoms with E-state index >= 15 is 0 Å².